The molecule has 2 aromatic heterocycles. The number of fused-ring (bicyclic) bond motifs is 1. The summed E-state index contributed by atoms with van der Waals surface area (Å²) in [7, 11) is -3.78. The van der Waals surface area contributed by atoms with Gasteiger partial charge >= 0.3 is 0 Å². The molecule has 2 aliphatic carbocycles. The number of nitrogens with zero attached hydrogens (tertiary/aromatic N) is 2. The number of aliphatic hydroxyl groups is 1. The van der Waals surface area contributed by atoms with E-state index >= 15 is 0 Å². The number of hydrogen-bond acceptors (Lipinski definition) is 8. The zero-order chi connectivity index (χ0) is 23.7. The summed E-state index contributed by atoms with van der Waals surface area (Å²) in [5.41, 5.74) is 8.28. The summed E-state index contributed by atoms with van der Waals surface area (Å²) in [4.78, 5) is 10.1. The number of hydrogen-bond donors (Lipinski definition) is 3. The number of aliphatic hydroxyl groups excluding tert-OH is 1. The molecule has 0 atom stereocenters. The van der Waals surface area contributed by atoms with Crippen LogP contribution >= 0.6 is 11.3 Å². The maximum Gasteiger partial charge on any atom is 0.241 e. The van der Waals surface area contributed by atoms with E-state index in [0.717, 1.165) is 32.1 Å². The largest absolute Gasteiger partial charge is 0.393 e. The molecule has 2 saturated heterocycles. The summed E-state index contributed by atoms with van der Waals surface area (Å²) in [6.07, 6.45) is 6.86. The molecule has 0 unspecified atom stereocenters. The van der Waals surface area contributed by atoms with Gasteiger partial charge in [-0.1, -0.05) is 6.07 Å². The van der Waals surface area contributed by atoms with Crippen molar-refractivity contribution in [2.75, 3.05) is 18.9 Å². The fraction of sp³-hybridized carbons (Fsp3) is 0.417. The monoisotopic (exact) mass is 498 g/mol. The van der Waals surface area contributed by atoms with Crippen molar-refractivity contribution in [2.24, 2.45) is 0 Å². The molecular weight excluding hydrogens is 472 g/mol. The average Bonchev–Trinajstić information content (AvgIpc) is 3.26. The molecule has 8 nitrogen and oxygen atoms in total. The second kappa shape index (κ2) is 7.56. The van der Waals surface area contributed by atoms with Gasteiger partial charge in [-0.25, -0.2) is 23.1 Å². The highest BCUT2D eigenvalue weighted by Crippen LogP contribution is 2.51. The minimum absolute atomic E-state index is 0.0977. The van der Waals surface area contributed by atoms with Crippen LogP contribution < -0.4 is 10.5 Å². The number of anilines is 1. The number of ether oxygens (including phenoxy) is 1. The van der Waals surface area contributed by atoms with Gasteiger partial charge in [-0.3, -0.25) is 0 Å². The standard InChI is InChI=1S/C24H26N4O4S2/c1-14-2-5-17(34(30,31)28-23-10-24(11-23,12-29)32-13-23)7-18(14)16-6-19(21(25)26-8-16)20-9-27-22(33-20)15-3-4-15/h2,5-9,15,28-29H,3-4,10-13H2,1H3,(H2,25,26). The van der Waals surface area contributed by atoms with Crippen molar-refractivity contribution in [3.8, 4) is 21.6 Å². The van der Waals surface area contributed by atoms with Crippen LogP contribution in [0, 0.1) is 6.92 Å². The van der Waals surface area contributed by atoms with Crippen molar-refractivity contribution in [1.29, 1.82) is 0 Å². The van der Waals surface area contributed by atoms with Gasteiger partial charge in [0.2, 0.25) is 10.0 Å². The average molecular weight is 499 g/mol. The Morgan fingerprint density at radius 2 is 2.00 bits per heavy atom. The number of benzene rings is 1. The molecule has 7 rings (SSSR count). The smallest absolute Gasteiger partial charge is 0.241 e. The van der Waals surface area contributed by atoms with Gasteiger partial charge in [0.05, 0.1) is 39.1 Å². The van der Waals surface area contributed by atoms with E-state index in [0.29, 0.717) is 24.6 Å². The Morgan fingerprint density at radius 1 is 1.21 bits per heavy atom. The van der Waals surface area contributed by atoms with Crippen molar-refractivity contribution in [3.63, 3.8) is 0 Å². The molecule has 10 heteroatoms. The number of thiazole rings is 1. The zero-order valence-corrected chi connectivity index (χ0v) is 20.4. The number of pyridine rings is 1. The quantitative estimate of drug-likeness (QED) is 0.456. The van der Waals surface area contributed by atoms with Crippen LogP contribution in [0.5, 0.6) is 0 Å². The molecular formula is C24H26N4O4S2. The lowest BCUT2D eigenvalue weighted by Gasteiger charge is -2.43. The van der Waals surface area contributed by atoms with Crippen LogP contribution in [0.25, 0.3) is 21.6 Å². The third-order valence-electron chi connectivity index (χ3n) is 7.08. The van der Waals surface area contributed by atoms with Gasteiger partial charge in [0.1, 0.15) is 5.82 Å². The summed E-state index contributed by atoms with van der Waals surface area (Å²) in [5, 5.41) is 10.7. The van der Waals surface area contributed by atoms with E-state index in [9.17, 15) is 13.5 Å². The number of rotatable bonds is 7. The fourth-order valence-electron chi connectivity index (χ4n) is 5.11. The van der Waals surface area contributed by atoms with Crippen molar-refractivity contribution in [3.05, 3.63) is 47.2 Å². The minimum atomic E-state index is -3.78. The van der Waals surface area contributed by atoms with Crippen LogP contribution in [-0.2, 0) is 14.8 Å². The van der Waals surface area contributed by atoms with Gasteiger partial charge in [0.25, 0.3) is 0 Å². The molecule has 2 bridgehead atoms. The van der Waals surface area contributed by atoms with Gasteiger partial charge in [-0.2, -0.15) is 0 Å². The van der Waals surface area contributed by atoms with E-state index in [1.54, 1.807) is 35.7 Å². The number of aryl methyl sites for hydroxylation is 1. The lowest BCUT2D eigenvalue weighted by Crippen LogP contribution is -2.60. The second-order valence-corrected chi connectivity index (χ2v) is 12.6. The van der Waals surface area contributed by atoms with Crippen molar-refractivity contribution in [1.82, 2.24) is 14.7 Å². The SMILES string of the molecule is Cc1ccc(S(=O)(=O)NC23COC(CO)(C2)C3)cc1-c1cnc(N)c(-c2cnc(C3CC3)s2)c1. The molecule has 34 heavy (non-hydrogen) atoms. The van der Waals surface area contributed by atoms with E-state index in [1.165, 1.54) is 12.8 Å². The highest BCUT2D eigenvalue weighted by Gasteiger charge is 2.63. The van der Waals surface area contributed by atoms with E-state index < -0.39 is 21.2 Å². The summed E-state index contributed by atoms with van der Waals surface area (Å²) >= 11 is 1.64. The molecule has 2 saturated carbocycles. The fourth-order valence-corrected chi connectivity index (χ4v) is 7.63. The molecule has 0 radical (unpaired) electrons. The topological polar surface area (TPSA) is 127 Å². The van der Waals surface area contributed by atoms with Crippen LogP contribution in [0.3, 0.4) is 0 Å². The number of aromatic nitrogens is 2. The molecule has 2 aliphatic heterocycles. The first-order valence-corrected chi connectivity index (χ1v) is 13.6. The normalized spacial score (nSPS) is 25.9. The first-order chi connectivity index (χ1) is 16.2. The number of nitrogens with two attached hydrogens (primary N) is 1. The Hall–Kier alpha value is -2.37. The maximum absolute atomic E-state index is 13.2. The molecule has 178 valence electrons. The van der Waals surface area contributed by atoms with Gasteiger partial charge < -0.3 is 15.6 Å². The molecule has 4 aliphatic rings. The minimum Gasteiger partial charge on any atom is -0.393 e. The van der Waals surface area contributed by atoms with Gasteiger partial charge in [-0.15, -0.1) is 11.3 Å². The van der Waals surface area contributed by atoms with Gasteiger partial charge in [0, 0.05) is 42.3 Å². The number of nitrogens with one attached hydrogen (secondary N) is 1. The van der Waals surface area contributed by atoms with Crippen molar-refractivity contribution >= 4 is 27.2 Å². The molecule has 3 aromatic rings. The lowest BCUT2D eigenvalue weighted by atomic mass is 9.69. The third kappa shape index (κ3) is 3.64. The van der Waals surface area contributed by atoms with Crippen LogP contribution in [0.4, 0.5) is 5.82 Å². The first-order valence-electron chi connectivity index (χ1n) is 11.3. The highest BCUT2D eigenvalue weighted by atomic mass is 32.2. The zero-order valence-electron chi connectivity index (χ0n) is 18.7. The van der Waals surface area contributed by atoms with Gasteiger partial charge in [-0.05, 0) is 49.1 Å². The van der Waals surface area contributed by atoms with Crippen molar-refractivity contribution < 1.29 is 18.3 Å². The molecule has 4 heterocycles. The molecule has 4 N–H and O–H groups in total. The van der Waals surface area contributed by atoms with Crippen LogP contribution in [0.2, 0.25) is 0 Å². The molecule has 0 amide bonds. The Bertz CT molecular complexity index is 1390. The highest BCUT2D eigenvalue weighted by molar-refractivity contribution is 7.89. The van der Waals surface area contributed by atoms with Crippen LogP contribution in [0.15, 0.2) is 41.6 Å². The van der Waals surface area contributed by atoms with E-state index in [-0.39, 0.29) is 18.1 Å². The Labute approximate surface area is 202 Å². The van der Waals surface area contributed by atoms with Gasteiger partial charge in [0.15, 0.2) is 0 Å². The molecule has 1 aromatic carbocycles. The predicted octanol–water partition coefficient (Wildman–Crippen LogP) is 3.21. The van der Waals surface area contributed by atoms with Crippen molar-refractivity contribution in [2.45, 2.75) is 54.6 Å². The Kier molecular flexibility index (Phi) is 4.92. The Balaban J connectivity index is 1.32. The Morgan fingerprint density at radius 3 is 2.71 bits per heavy atom. The number of sulfonamides is 1. The summed E-state index contributed by atoms with van der Waals surface area (Å²) in [6, 6.07) is 7.06. The van der Waals surface area contributed by atoms with Crippen LogP contribution in [-0.4, -0.2) is 47.8 Å². The third-order valence-corrected chi connectivity index (χ3v) is 9.85. The van der Waals surface area contributed by atoms with E-state index in [4.69, 9.17) is 10.5 Å². The lowest BCUT2D eigenvalue weighted by molar-refractivity contribution is -0.0482. The molecule has 0 spiro atoms. The van der Waals surface area contributed by atoms with Crippen LogP contribution in [0.1, 0.15) is 42.2 Å². The maximum atomic E-state index is 13.2. The number of nitrogen functional groups attached to an aromatic ring is 1. The first kappa shape index (κ1) is 22.1. The van der Waals surface area contributed by atoms with E-state index in [1.807, 2.05) is 19.2 Å². The predicted molar refractivity (Wildman–Crippen MR) is 130 cm³/mol. The van der Waals surface area contributed by atoms with E-state index in [2.05, 4.69) is 14.7 Å². The summed E-state index contributed by atoms with van der Waals surface area (Å²) < 4.78 is 35.0. The summed E-state index contributed by atoms with van der Waals surface area (Å²) in [5.74, 6) is 0.992. The molecule has 4 fully saturated rings. The second-order valence-electron chi connectivity index (χ2n) is 9.84. The summed E-state index contributed by atoms with van der Waals surface area (Å²) in [6.45, 7) is 2.12.